The van der Waals surface area contributed by atoms with Gasteiger partial charge in [0.25, 0.3) is 0 Å². The number of aliphatic hydroxyl groups excluding tert-OH is 2. The Bertz CT molecular complexity index is 1180. The van der Waals surface area contributed by atoms with Gasteiger partial charge in [-0.05, 0) is 83.5 Å². The van der Waals surface area contributed by atoms with Crippen molar-refractivity contribution in [1.29, 1.82) is 0 Å². The molecule has 1 amide bonds. The van der Waals surface area contributed by atoms with Crippen LogP contribution in [0.5, 0.6) is 0 Å². The number of ether oxygens (including phenoxy) is 1. The number of hydrogen-bond donors (Lipinski definition) is 3. The molecule has 0 aromatic rings. The predicted molar refractivity (Wildman–Crippen MR) is 319 cm³/mol. The van der Waals surface area contributed by atoms with Crippen LogP contribution in [-0.2, 0) is 14.3 Å². The van der Waals surface area contributed by atoms with Gasteiger partial charge in [0.15, 0.2) is 0 Å². The number of amides is 1. The number of carbonyl (C=O) groups excluding carboxylic acids is 2. The molecule has 0 rings (SSSR count). The Hall–Kier alpha value is -1.92. The van der Waals surface area contributed by atoms with Crippen molar-refractivity contribution in [2.45, 2.75) is 366 Å². The molecule has 2 atom stereocenters. The molecule has 0 aromatic carbocycles. The zero-order chi connectivity index (χ0) is 52.9. The van der Waals surface area contributed by atoms with Gasteiger partial charge in [-0.3, -0.25) is 9.59 Å². The summed E-state index contributed by atoms with van der Waals surface area (Å²) in [6.07, 6.45) is 79.4. The van der Waals surface area contributed by atoms with Gasteiger partial charge in [-0.2, -0.15) is 0 Å². The van der Waals surface area contributed by atoms with Crippen molar-refractivity contribution in [1.82, 2.24) is 5.32 Å². The summed E-state index contributed by atoms with van der Waals surface area (Å²) < 4.78 is 5.48. The van der Waals surface area contributed by atoms with E-state index < -0.39 is 12.1 Å². The summed E-state index contributed by atoms with van der Waals surface area (Å²) in [5, 5.41) is 23.0. The van der Waals surface area contributed by atoms with Crippen LogP contribution in [0.3, 0.4) is 0 Å². The van der Waals surface area contributed by atoms with Gasteiger partial charge in [-0.25, -0.2) is 0 Å². The summed E-state index contributed by atoms with van der Waals surface area (Å²) in [6, 6.07) is -0.623. The van der Waals surface area contributed by atoms with Gasteiger partial charge in [-0.15, -0.1) is 0 Å². The van der Waals surface area contributed by atoms with E-state index in [1.165, 1.54) is 283 Å². The minimum Gasteiger partial charge on any atom is -0.466 e. The maximum absolute atomic E-state index is 12.4. The summed E-state index contributed by atoms with van der Waals surface area (Å²) in [4.78, 5) is 24.4. The number of unbranched alkanes of at least 4 members (excludes halogenated alkanes) is 46. The summed E-state index contributed by atoms with van der Waals surface area (Å²) in [5.41, 5.74) is 0. The van der Waals surface area contributed by atoms with Crippen LogP contribution in [-0.4, -0.2) is 47.4 Å². The highest BCUT2D eigenvalue weighted by molar-refractivity contribution is 5.76. The van der Waals surface area contributed by atoms with E-state index in [2.05, 4.69) is 43.5 Å². The van der Waals surface area contributed by atoms with Crippen molar-refractivity contribution in [2.24, 2.45) is 0 Å². The van der Waals surface area contributed by atoms with Gasteiger partial charge in [0.05, 0.1) is 25.4 Å². The zero-order valence-corrected chi connectivity index (χ0v) is 49.1. The minimum atomic E-state index is -0.840. The normalized spacial score (nSPS) is 12.8. The lowest BCUT2D eigenvalue weighted by atomic mass is 10.0. The molecule has 0 aliphatic rings. The first-order valence-corrected chi connectivity index (χ1v) is 32.8. The molecule has 0 radical (unpaired) electrons. The smallest absolute Gasteiger partial charge is 0.305 e. The highest BCUT2D eigenvalue weighted by Crippen LogP contribution is 2.17. The average molecular weight is 1030 g/mol. The fourth-order valence-corrected chi connectivity index (χ4v) is 10.1. The number of carbonyl (C=O) groups is 2. The standard InChI is InChI=1S/C67H127NO5/c1-3-5-7-9-11-13-14-15-38-41-45-49-53-57-61-67(72)73-62-58-54-50-46-42-39-36-34-32-30-28-26-24-22-20-18-16-17-19-21-23-25-27-29-31-33-35-37-40-44-48-52-56-60-66(71)68-64(63-69)65(70)59-55-51-47-43-12-10-8-6-4-2/h14-15,20,22,55,59,64-65,69-70H,3-13,16-19,21,23-54,56-58,60-63H2,1-2H3,(H,68,71)/b15-14-,22-20-,59-55+. The molecule has 6 heteroatoms. The molecule has 0 fully saturated rings. The molecular weight excluding hydrogens is 899 g/mol. The molecular formula is C67H127NO5. The van der Waals surface area contributed by atoms with Crippen molar-refractivity contribution in [2.75, 3.05) is 13.2 Å². The molecule has 0 saturated carbocycles. The molecule has 0 aromatic heterocycles. The molecule has 6 nitrogen and oxygen atoms in total. The Morgan fingerprint density at radius 2 is 0.644 bits per heavy atom. The largest absolute Gasteiger partial charge is 0.466 e. The number of aliphatic hydroxyl groups is 2. The summed E-state index contributed by atoms with van der Waals surface area (Å²) in [6.45, 7) is 4.88. The summed E-state index contributed by atoms with van der Waals surface area (Å²) >= 11 is 0. The van der Waals surface area contributed by atoms with Crippen LogP contribution in [0.25, 0.3) is 0 Å². The van der Waals surface area contributed by atoms with E-state index in [0.29, 0.717) is 19.4 Å². The van der Waals surface area contributed by atoms with Crippen LogP contribution < -0.4 is 5.32 Å². The van der Waals surface area contributed by atoms with E-state index >= 15 is 0 Å². The Kier molecular flexibility index (Phi) is 61.0. The van der Waals surface area contributed by atoms with Gasteiger partial charge in [-0.1, -0.05) is 294 Å². The van der Waals surface area contributed by atoms with E-state index in [1.54, 1.807) is 6.08 Å². The first kappa shape index (κ1) is 71.1. The number of hydrogen-bond acceptors (Lipinski definition) is 5. The molecule has 0 aliphatic heterocycles. The molecule has 2 unspecified atom stereocenters. The summed E-state index contributed by atoms with van der Waals surface area (Å²) in [5.74, 6) is -0.0570. The predicted octanol–water partition coefficient (Wildman–Crippen LogP) is 20.8. The van der Waals surface area contributed by atoms with Crippen LogP contribution in [0.15, 0.2) is 36.5 Å². The molecule has 73 heavy (non-hydrogen) atoms. The van der Waals surface area contributed by atoms with Gasteiger partial charge >= 0.3 is 5.97 Å². The molecule has 0 saturated heterocycles. The first-order valence-electron chi connectivity index (χ1n) is 32.8. The van der Waals surface area contributed by atoms with Crippen molar-refractivity contribution in [3.05, 3.63) is 36.5 Å². The SMILES string of the molecule is CCCCCCC/C=C\CCCCCCCC(=O)OCCCCCCCCCCCCCC/C=C\CCCCCCCCCCCCCCCCCCCC(=O)NC(CO)C(O)/C=C/CCCCCCCCC. The highest BCUT2D eigenvalue weighted by atomic mass is 16.5. The number of allylic oxidation sites excluding steroid dienone is 5. The number of esters is 1. The second-order valence-corrected chi connectivity index (χ2v) is 22.4. The van der Waals surface area contributed by atoms with Crippen LogP contribution in [0.1, 0.15) is 354 Å². The molecule has 3 N–H and O–H groups in total. The maximum atomic E-state index is 12.4. The Morgan fingerprint density at radius 3 is 0.973 bits per heavy atom. The monoisotopic (exact) mass is 1030 g/mol. The van der Waals surface area contributed by atoms with E-state index in [0.717, 1.165) is 44.9 Å². The van der Waals surface area contributed by atoms with Crippen LogP contribution >= 0.6 is 0 Å². The zero-order valence-electron chi connectivity index (χ0n) is 49.1. The van der Waals surface area contributed by atoms with Crippen molar-refractivity contribution in [3.8, 4) is 0 Å². The topological polar surface area (TPSA) is 95.9 Å². The second kappa shape index (κ2) is 62.6. The van der Waals surface area contributed by atoms with Gasteiger partial charge < -0.3 is 20.3 Å². The Morgan fingerprint density at radius 1 is 0.370 bits per heavy atom. The third-order valence-corrected chi connectivity index (χ3v) is 15.1. The lowest BCUT2D eigenvalue weighted by molar-refractivity contribution is -0.143. The third-order valence-electron chi connectivity index (χ3n) is 15.1. The van der Waals surface area contributed by atoms with Crippen molar-refractivity contribution >= 4 is 11.9 Å². The van der Waals surface area contributed by atoms with Gasteiger partial charge in [0.1, 0.15) is 0 Å². The number of nitrogens with one attached hydrogen (secondary N) is 1. The quantitative estimate of drug-likeness (QED) is 0.0320. The molecule has 0 aliphatic carbocycles. The third kappa shape index (κ3) is 59.2. The molecule has 0 bridgehead atoms. The minimum absolute atomic E-state index is 0.00981. The lowest BCUT2D eigenvalue weighted by Crippen LogP contribution is -2.45. The molecule has 0 spiro atoms. The second-order valence-electron chi connectivity index (χ2n) is 22.4. The first-order chi connectivity index (χ1) is 36.0. The number of rotatable bonds is 61. The van der Waals surface area contributed by atoms with E-state index in [1.807, 2.05) is 6.08 Å². The fraction of sp³-hybridized carbons (Fsp3) is 0.881. The fourth-order valence-electron chi connectivity index (χ4n) is 10.1. The molecule has 0 heterocycles. The van der Waals surface area contributed by atoms with E-state index in [4.69, 9.17) is 4.74 Å². The average Bonchev–Trinajstić information content (AvgIpc) is 3.39. The van der Waals surface area contributed by atoms with Gasteiger partial charge in [0, 0.05) is 12.8 Å². The van der Waals surface area contributed by atoms with Crippen molar-refractivity contribution in [3.63, 3.8) is 0 Å². The lowest BCUT2D eigenvalue weighted by Gasteiger charge is -2.20. The van der Waals surface area contributed by atoms with Gasteiger partial charge in [0.2, 0.25) is 5.91 Å². The Labute approximate surface area is 455 Å². The maximum Gasteiger partial charge on any atom is 0.305 e. The van der Waals surface area contributed by atoms with Crippen LogP contribution in [0, 0.1) is 0 Å². The Balaban J connectivity index is 3.33. The molecule has 430 valence electrons. The summed E-state index contributed by atoms with van der Waals surface area (Å²) in [7, 11) is 0. The van der Waals surface area contributed by atoms with E-state index in [9.17, 15) is 19.8 Å². The van der Waals surface area contributed by atoms with Crippen molar-refractivity contribution < 1.29 is 24.5 Å². The highest BCUT2D eigenvalue weighted by Gasteiger charge is 2.18. The van der Waals surface area contributed by atoms with Crippen LogP contribution in [0.4, 0.5) is 0 Å². The van der Waals surface area contributed by atoms with E-state index in [-0.39, 0.29) is 18.5 Å². The van der Waals surface area contributed by atoms with Crippen LogP contribution in [0.2, 0.25) is 0 Å².